The summed E-state index contributed by atoms with van der Waals surface area (Å²) in [6, 6.07) is 89.8. The van der Waals surface area contributed by atoms with Crippen LogP contribution in [-0.4, -0.2) is 4.57 Å². The Bertz CT molecular complexity index is 3650. The van der Waals surface area contributed by atoms with E-state index in [2.05, 4.69) is 252 Å². The molecule has 0 aliphatic heterocycles. The number of rotatable bonds is 8. The number of para-hydroxylation sites is 4. The number of anilines is 3. The van der Waals surface area contributed by atoms with Crippen molar-refractivity contribution in [3.63, 3.8) is 0 Å². The molecule has 10 aromatic carbocycles. The summed E-state index contributed by atoms with van der Waals surface area (Å²) in [6.45, 7) is 0. The van der Waals surface area contributed by atoms with Gasteiger partial charge in [-0.2, -0.15) is 0 Å². The highest BCUT2D eigenvalue weighted by Crippen LogP contribution is 2.58. The first-order chi connectivity index (χ1) is 33.2. The summed E-state index contributed by atoms with van der Waals surface area (Å²) in [5.74, 6) is 0. The molecule has 2 heteroatoms. The molecule has 0 unspecified atom stereocenters. The maximum atomic E-state index is 2.52. The van der Waals surface area contributed by atoms with Crippen LogP contribution >= 0.6 is 0 Å². The van der Waals surface area contributed by atoms with E-state index in [0.29, 0.717) is 0 Å². The fourth-order valence-electron chi connectivity index (χ4n) is 11.9. The van der Waals surface area contributed by atoms with Crippen molar-refractivity contribution in [3.05, 3.63) is 254 Å². The molecule has 0 N–H and O–H groups in total. The number of hydrogen-bond donors (Lipinski definition) is 0. The molecule has 2 nitrogen and oxygen atoms in total. The molecular formula is C65H48N2. The van der Waals surface area contributed by atoms with Gasteiger partial charge in [-0.05, 0) is 117 Å². The Morgan fingerprint density at radius 3 is 1.67 bits per heavy atom. The van der Waals surface area contributed by atoms with E-state index in [1.54, 1.807) is 0 Å². The van der Waals surface area contributed by atoms with E-state index in [4.69, 9.17) is 0 Å². The van der Waals surface area contributed by atoms with Gasteiger partial charge < -0.3 is 9.47 Å². The highest BCUT2D eigenvalue weighted by Gasteiger charge is 2.45. The fourth-order valence-corrected chi connectivity index (χ4v) is 11.9. The van der Waals surface area contributed by atoms with Crippen LogP contribution in [0.4, 0.5) is 17.1 Å². The Hall–Kier alpha value is -8.20. The Morgan fingerprint density at radius 1 is 0.343 bits per heavy atom. The lowest BCUT2D eigenvalue weighted by molar-refractivity contribution is 0.550. The number of nitrogens with zero attached hydrogens (tertiary/aromatic N) is 2. The largest absolute Gasteiger partial charge is 0.310 e. The van der Waals surface area contributed by atoms with Gasteiger partial charge in [-0.25, -0.2) is 0 Å². The summed E-state index contributed by atoms with van der Waals surface area (Å²) in [5.41, 5.74) is 22.3. The summed E-state index contributed by atoms with van der Waals surface area (Å²) >= 11 is 0. The molecular weight excluding hydrogens is 809 g/mol. The van der Waals surface area contributed by atoms with E-state index in [-0.39, 0.29) is 5.41 Å². The quantitative estimate of drug-likeness (QED) is 0.148. The predicted octanol–water partition coefficient (Wildman–Crippen LogP) is 17.8. The monoisotopic (exact) mass is 856 g/mol. The van der Waals surface area contributed by atoms with Gasteiger partial charge in [-0.1, -0.05) is 207 Å². The Labute approximate surface area is 392 Å². The van der Waals surface area contributed by atoms with Gasteiger partial charge in [0.15, 0.2) is 0 Å². The van der Waals surface area contributed by atoms with Crippen molar-refractivity contribution in [1.29, 1.82) is 0 Å². The molecule has 67 heavy (non-hydrogen) atoms. The minimum Gasteiger partial charge on any atom is -0.310 e. The van der Waals surface area contributed by atoms with Crippen molar-refractivity contribution in [2.45, 2.75) is 31.1 Å². The third-order valence-electron chi connectivity index (χ3n) is 14.8. The Kier molecular flexibility index (Phi) is 9.39. The van der Waals surface area contributed by atoms with Crippen molar-refractivity contribution < 1.29 is 0 Å². The van der Waals surface area contributed by atoms with Gasteiger partial charge >= 0.3 is 0 Å². The van der Waals surface area contributed by atoms with Crippen LogP contribution in [0.1, 0.15) is 36.8 Å². The van der Waals surface area contributed by atoms with Gasteiger partial charge in [0.25, 0.3) is 0 Å². The molecule has 1 aromatic heterocycles. The van der Waals surface area contributed by atoms with Gasteiger partial charge in [0.2, 0.25) is 0 Å². The molecule has 0 bridgehead atoms. The minimum absolute atomic E-state index is 0.0914. The van der Waals surface area contributed by atoms with Gasteiger partial charge in [0.05, 0.1) is 16.7 Å². The molecule has 13 rings (SSSR count). The van der Waals surface area contributed by atoms with E-state index in [1.807, 2.05) is 0 Å². The van der Waals surface area contributed by atoms with Gasteiger partial charge in [0, 0.05) is 44.4 Å². The standard InChI is InChI=1S/C65H48N2/c1-3-21-45(22-4-1)50-27-7-8-28-52(50)53-29-9-10-30-54(53)56-32-12-15-37-62(56)66(49-39-40-61-59(44-49)55-31-11-14-36-60(55)65(61)41-17-18-42-65)48-26-19-23-46(43-48)51-34-20-35-58-57-33-13-16-38-63(57)67(64(51)58)47-24-5-2-6-25-47/h1-16,19-40,43-44H,17-18,41-42H2. The molecule has 1 saturated carbocycles. The SMILES string of the molecule is c1ccc(-c2ccccc2-c2ccccc2-c2ccccc2N(c2cccc(-c3cccc4c5ccccc5n(-c5ccccc5)c34)c2)c2ccc3c(c2)-c2ccccc2C32CCCC2)cc1. The highest BCUT2D eigenvalue weighted by molar-refractivity contribution is 6.14. The zero-order valence-electron chi connectivity index (χ0n) is 37.3. The average Bonchev–Trinajstić information content (AvgIpc) is 4.11. The highest BCUT2D eigenvalue weighted by atomic mass is 15.1. The number of aromatic nitrogens is 1. The second kappa shape index (κ2) is 16.0. The Morgan fingerprint density at radius 2 is 0.881 bits per heavy atom. The molecule has 318 valence electrons. The molecule has 1 heterocycles. The molecule has 0 atom stereocenters. The predicted molar refractivity (Wildman–Crippen MR) is 282 cm³/mol. The Balaban J connectivity index is 1.04. The second-order valence-electron chi connectivity index (χ2n) is 18.3. The first-order valence-corrected chi connectivity index (χ1v) is 23.8. The smallest absolute Gasteiger partial charge is 0.0619 e. The summed E-state index contributed by atoms with van der Waals surface area (Å²) in [6.07, 6.45) is 4.95. The van der Waals surface area contributed by atoms with Crippen molar-refractivity contribution >= 4 is 38.9 Å². The maximum Gasteiger partial charge on any atom is 0.0619 e. The van der Waals surface area contributed by atoms with Crippen molar-refractivity contribution in [2.24, 2.45) is 0 Å². The third-order valence-corrected chi connectivity index (χ3v) is 14.8. The van der Waals surface area contributed by atoms with Crippen LogP contribution in [0.5, 0.6) is 0 Å². The van der Waals surface area contributed by atoms with Crippen LogP contribution in [0, 0.1) is 0 Å². The van der Waals surface area contributed by atoms with Crippen molar-refractivity contribution in [3.8, 4) is 61.3 Å². The van der Waals surface area contributed by atoms with E-state index >= 15 is 0 Å². The summed E-state index contributed by atoms with van der Waals surface area (Å²) < 4.78 is 2.45. The van der Waals surface area contributed by atoms with Gasteiger partial charge in [0.1, 0.15) is 0 Å². The molecule has 0 radical (unpaired) electrons. The van der Waals surface area contributed by atoms with Crippen LogP contribution < -0.4 is 4.90 Å². The van der Waals surface area contributed by atoms with Crippen LogP contribution in [0.25, 0.3) is 83.1 Å². The molecule has 1 spiro atoms. The zero-order chi connectivity index (χ0) is 44.3. The first-order valence-electron chi connectivity index (χ1n) is 23.8. The first kappa shape index (κ1) is 39.2. The summed E-state index contributed by atoms with van der Waals surface area (Å²) in [5, 5.41) is 2.50. The number of benzene rings is 10. The number of fused-ring (bicyclic) bond motifs is 8. The molecule has 0 amide bonds. The molecule has 2 aliphatic rings. The number of hydrogen-bond acceptors (Lipinski definition) is 1. The van der Waals surface area contributed by atoms with Crippen LogP contribution in [0.3, 0.4) is 0 Å². The lowest BCUT2D eigenvalue weighted by atomic mass is 9.77. The zero-order valence-corrected chi connectivity index (χ0v) is 37.3. The maximum absolute atomic E-state index is 2.52. The van der Waals surface area contributed by atoms with E-state index in [1.165, 1.54) is 114 Å². The van der Waals surface area contributed by atoms with Crippen LogP contribution in [-0.2, 0) is 5.41 Å². The normalized spacial score (nSPS) is 13.6. The molecule has 1 fully saturated rings. The average molecular weight is 857 g/mol. The van der Waals surface area contributed by atoms with Gasteiger partial charge in [-0.3, -0.25) is 0 Å². The van der Waals surface area contributed by atoms with Crippen molar-refractivity contribution in [2.75, 3.05) is 4.90 Å². The summed E-state index contributed by atoms with van der Waals surface area (Å²) in [4.78, 5) is 2.52. The second-order valence-corrected chi connectivity index (χ2v) is 18.3. The summed E-state index contributed by atoms with van der Waals surface area (Å²) in [7, 11) is 0. The molecule has 0 saturated heterocycles. The molecule has 2 aliphatic carbocycles. The van der Waals surface area contributed by atoms with Gasteiger partial charge in [-0.15, -0.1) is 0 Å². The third kappa shape index (κ3) is 6.32. The fraction of sp³-hybridized carbons (Fsp3) is 0.0769. The lowest BCUT2D eigenvalue weighted by Gasteiger charge is -2.30. The minimum atomic E-state index is 0.0914. The van der Waals surface area contributed by atoms with Crippen LogP contribution in [0.15, 0.2) is 243 Å². The van der Waals surface area contributed by atoms with E-state index < -0.39 is 0 Å². The van der Waals surface area contributed by atoms with E-state index in [9.17, 15) is 0 Å². The molecule has 11 aromatic rings. The lowest BCUT2D eigenvalue weighted by Crippen LogP contribution is -2.20. The van der Waals surface area contributed by atoms with Crippen LogP contribution in [0.2, 0.25) is 0 Å². The van der Waals surface area contributed by atoms with E-state index in [0.717, 1.165) is 22.7 Å². The van der Waals surface area contributed by atoms with Crippen molar-refractivity contribution in [1.82, 2.24) is 4.57 Å². The topological polar surface area (TPSA) is 8.17 Å².